The summed E-state index contributed by atoms with van der Waals surface area (Å²) in [6.07, 6.45) is 24.3. The number of carbonyl (C=O) groups excluding carboxylic acids is 2. The number of ether oxygens (including phenoxy) is 2. The lowest BCUT2D eigenvalue weighted by molar-refractivity contribution is -0.149. The summed E-state index contributed by atoms with van der Waals surface area (Å²) in [5, 5.41) is 0. The van der Waals surface area contributed by atoms with E-state index in [-0.39, 0.29) is 18.0 Å². The van der Waals surface area contributed by atoms with Crippen LogP contribution in [0, 0.1) is 0 Å². The summed E-state index contributed by atoms with van der Waals surface area (Å²) in [4.78, 5) is 23.4. The van der Waals surface area contributed by atoms with E-state index in [2.05, 4.69) is 13.5 Å². The lowest BCUT2D eigenvalue weighted by Crippen LogP contribution is -2.14. The minimum absolute atomic E-state index is 0.125. The molecule has 32 heavy (non-hydrogen) atoms. The number of hydrogen-bond acceptors (Lipinski definition) is 4. The molecule has 0 rings (SSSR count). The van der Waals surface area contributed by atoms with Gasteiger partial charge in [0.2, 0.25) is 0 Å². The van der Waals surface area contributed by atoms with Crippen molar-refractivity contribution < 1.29 is 19.1 Å². The molecule has 0 amide bonds. The molecule has 4 nitrogen and oxygen atoms in total. The SMILES string of the molecule is C=CCC(C)OC(=O)CCCCC(=O)OCCCCCCCCCCCCCCCCC. The summed E-state index contributed by atoms with van der Waals surface area (Å²) < 4.78 is 10.5. The van der Waals surface area contributed by atoms with Crippen molar-refractivity contribution in [3.05, 3.63) is 12.7 Å². The molecule has 4 heteroatoms. The van der Waals surface area contributed by atoms with Gasteiger partial charge in [0.25, 0.3) is 0 Å². The predicted octanol–water partition coefficient (Wildman–Crippen LogP) is 8.47. The molecule has 1 atom stereocenters. The third-order valence-electron chi connectivity index (χ3n) is 5.85. The Balaban J connectivity index is 3.28. The van der Waals surface area contributed by atoms with Crippen LogP contribution in [0.5, 0.6) is 0 Å². The normalized spacial score (nSPS) is 11.8. The number of hydrogen-bond donors (Lipinski definition) is 0. The molecule has 0 aliphatic heterocycles. The molecule has 0 aliphatic rings. The zero-order valence-corrected chi connectivity index (χ0v) is 21.3. The fourth-order valence-corrected chi connectivity index (χ4v) is 3.84. The third-order valence-corrected chi connectivity index (χ3v) is 5.85. The third kappa shape index (κ3) is 23.3. The topological polar surface area (TPSA) is 52.6 Å². The first-order chi connectivity index (χ1) is 15.6. The molecule has 0 saturated heterocycles. The Morgan fingerprint density at radius 2 is 1.12 bits per heavy atom. The molecule has 188 valence electrons. The van der Waals surface area contributed by atoms with E-state index in [1.165, 1.54) is 83.5 Å². The monoisotopic (exact) mass is 452 g/mol. The van der Waals surface area contributed by atoms with Crippen LogP contribution in [-0.4, -0.2) is 24.6 Å². The Morgan fingerprint density at radius 1 is 0.688 bits per heavy atom. The van der Waals surface area contributed by atoms with Crippen LogP contribution in [0.2, 0.25) is 0 Å². The Bertz CT molecular complexity index is 447. The van der Waals surface area contributed by atoms with E-state index in [9.17, 15) is 9.59 Å². The summed E-state index contributed by atoms with van der Waals surface area (Å²) in [5.74, 6) is -0.353. The van der Waals surface area contributed by atoms with Crippen LogP contribution in [0.4, 0.5) is 0 Å². The minimum Gasteiger partial charge on any atom is -0.466 e. The van der Waals surface area contributed by atoms with Crippen molar-refractivity contribution in [2.45, 2.75) is 148 Å². The Morgan fingerprint density at radius 3 is 1.59 bits per heavy atom. The maximum Gasteiger partial charge on any atom is 0.306 e. The summed E-state index contributed by atoms with van der Waals surface area (Å²) in [5.41, 5.74) is 0. The van der Waals surface area contributed by atoms with Crippen molar-refractivity contribution in [2.75, 3.05) is 6.61 Å². The fraction of sp³-hybridized carbons (Fsp3) is 0.857. The number of carbonyl (C=O) groups is 2. The number of rotatable bonds is 24. The van der Waals surface area contributed by atoms with Crippen molar-refractivity contribution >= 4 is 11.9 Å². The summed E-state index contributed by atoms with van der Waals surface area (Å²) in [6, 6.07) is 0. The van der Waals surface area contributed by atoms with Crippen LogP contribution in [0.3, 0.4) is 0 Å². The van der Waals surface area contributed by atoms with E-state index in [0.717, 1.165) is 12.8 Å². The first-order valence-corrected chi connectivity index (χ1v) is 13.6. The van der Waals surface area contributed by atoms with Crippen molar-refractivity contribution in [3.8, 4) is 0 Å². The van der Waals surface area contributed by atoms with Crippen LogP contribution in [0.25, 0.3) is 0 Å². The smallest absolute Gasteiger partial charge is 0.306 e. The Labute approximate surface area is 198 Å². The van der Waals surface area contributed by atoms with Gasteiger partial charge in [-0.3, -0.25) is 9.59 Å². The quantitative estimate of drug-likeness (QED) is 0.0837. The zero-order chi connectivity index (χ0) is 23.7. The predicted molar refractivity (Wildman–Crippen MR) is 135 cm³/mol. The van der Waals surface area contributed by atoms with E-state index >= 15 is 0 Å². The fourth-order valence-electron chi connectivity index (χ4n) is 3.84. The largest absolute Gasteiger partial charge is 0.466 e. The van der Waals surface area contributed by atoms with Gasteiger partial charge < -0.3 is 9.47 Å². The summed E-state index contributed by atoms with van der Waals surface area (Å²) >= 11 is 0. The lowest BCUT2D eigenvalue weighted by Gasteiger charge is -2.10. The first-order valence-electron chi connectivity index (χ1n) is 13.6. The van der Waals surface area contributed by atoms with Crippen molar-refractivity contribution in [3.63, 3.8) is 0 Å². The average molecular weight is 453 g/mol. The summed E-state index contributed by atoms with van der Waals surface area (Å²) in [6.45, 7) is 8.29. The molecular formula is C28H52O4. The van der Waals surface area contributed by atoms with Gasteiger partial charge in [-0.15, -0.1) is 6.58 Å². The van der Waals surface area contributed by atoms with Crippen LogP contribution in [-0.2, 0) is 19.1 Å². The molecule has 0 aromatic carbocycles. The van der Waals surface area contributed by atoms with Crippen molar-refractivity contribution in [1.82, 2.24) is 0 Å². The van der Waals surface area contributed by atoms with Gasteiger partial charge in [-0.2, -0.15) is 0 Å². The Hall–Kier alpha value is -1.32. The van der Waals surface area contributed by atoms with Crippen molar-refractivity contribution in [1.29, 1.82) is 0 Å². The maximum absolute atomic E-state index is 11.7. The zero-order valence-electron chi connectivity index (χ0n) is 21.3. The average Bonchev–Trinajstić information content (AvgIpc) is 2.76. The van der Waals surface area contributed by atoms with Crippen LogP contribution in [0.15, 0.2) is 12.7 Å². The molecule has 0 bridgehead atoms. The summed E-state index contributed by atoms with van der Waals surface area (Å²) in [7, 11) is 0. The van der Waals surface area contributed by atoms with Gasteiger partial charge in [0.1, 0.15) is 6.10 Å². The van der Waals surface area contributed by atoms with E-state index in [0.29, 0.717) is 38.7 Å². The highest BCUT2D eigenvalue weighted by molar-refractivity contribution is 5.70. The molecule has 1 unspecified atom stereocenters. The van der Waals surface area contributed by atoms with Crippen molar-refractivity contribution in [2.24, 2.45) is 0 Å². The second-order valence-electron chi connectivity index (χ2n) is 9.20. The highest BCUT2D eigenvalue weighted by Gasteiger charge is 2.09. The second-order valence-corrected chi connectivity index (χ2v) is 9.20. The standard InChI is InChI=1S/C28H52O4/c1-4-6-7-8-9-10-11-12-13-14-15-16-17-18-21-25-31-27(29)23-19-20-24-28(30)32-26(3)22-5-2/h5,26H,2,4,6-25H2,1,3H3. The van der Waals surface area contributed by atoms with Gasteiger partial charge in [0, 0.05) is 19.3 Å². The Kier molecular flexibility index (Phi) is 23.3. The van der Waals surface area contributed by atoms with Crippen LogP contribution in [0.1, 0.15) is 142 Å². The minimum atomic E-state index is -0.203. The van der Waals surface area contributed by atoms with E-state index in [1.54, 1.807) is 6.08 Å². The molecule has 0 fully saturated rings. The molecule has 0 aromatic heterocycles. The lowest BCUT2D eigenvalue weighted by atomic mass is 10.0. The van der Waals surface area contributed by atoms with Crippen LogP contribution >= 0.6 is 0 Å². The van der Waals surface area contributed by atoms with Gasteiger partial charge >= 0.3 is 11.9 Å². The molecule has 0 N–H and O–H groups in total. The number of unbranched alkanes of at least 4 members (excludes halogenated alkanes) is 15. The first kappa shape index (κ1) is 30.7. The van der Waals surface area contributed by atoms with Crippen LogP contribution < -0.4 is 0 Å². The molecule has 0 radical (unpaired) electrons. The molecule has 0 aliphatic carbocycles. The van der Waals surface area contributed by atoms with E-state index < -0.39 is 0 Å². The maximum atomic E-state index is 11.7. The van der Waals surface area contributed by atoms with Gasteiger partial charge in [-0.1, -0.05) is 103 Å². The van der Waals surface area contributed by atoms with E-state index in [4.69, 9.17) is 9.47 Å². The highest BCUT2D eigenvalue weighted by atomic mass is 16.5. The van der Waals surface area contributed by atoms with Gasteiger partial charge in [0.05, 0.1) is 6.61 Å². The number of esters is 2. The second kappa shape index (κ2) is 24.3. The van der Waals surface area contributed by atoms with E-state index in [1.807, 2.05) is 6.92 Å². The van der Waals surface area contributed by atoms with Gasteiger partial charge in [0.15, 0.2) is 0 Å². The molecule has 0 spiro atoms. The molecule has 0 heterocycles. The molecular weight excluding hydrogens is 400 g/mol. The highest BCUT2D eigenvalue weighted by Crippen LogP contribution is 2.13. The van der Waals surface area contributed by atoms with Gasteiger partial charge in [-0.25, -0.2) is 0 Å². The van der Waals surface area contributed by atoms with Gasteiger partial charge in [-0.05, 0) is 26.2 Å². The molecule has 0 aromatic rings. The molecule has 0 saturated carbocycles.